The van der Waals surface area contributed by atoms with Crippen molar-refractivity contribution in [3.63, 3.8) is 0 Å². The third-order valence-corrected chi connectivity index (χ3v) is 3.57. The molecule has 0 bridgehead atoms. The quantitative estimate of drug-likeness (QED) is 0.904. The summed E-state index contributed by atoms with van der Waals surface area (Å²) in [5.41, 5.74) is 4.09. The monoisotopic (exact) mass is 278 g/mol. The largest absolute Gasteiger partial charge is 0.388 e. The van der Waals surface area contributed by atoms with Gasteiger partial charge >= 0.3 is 0 Å². The predicted octanol–water partition coefficient (Wildman–Crippen LogP) is 2.70. The third-order valence-electron chi connectivity index (χ3n) is 3.57. The average molecular weight is 278 g/mol. The van der Waals surface area contributed by atoms with E-state index in [4.69, 9.17) is 0 Å². The van der Waals surface area contributed by atoms with Gasteiger partial charge in [-0.15, -0.1) is 0 Å². The Balaban J connectivity index is 1.70. The zero-order valence-electron chi connectivity index (χ0n) is 11.7. The van der Waals surface area contributed by atoms with E-state index in [2.05, 4.69) is 28.5 Å². The van der Waals surface area contributed by atoms with Crippen molar-refractivity contribution >= 4 is 0 Å². The Morgan fingerprint density at radius 2 is 1.95 bits per heavy atom. The highest BCUT2D eigenvalue weighted by Crippen LogP contribution is 2.19. The number of aromatic nitrogens is 1. The molecule has 0 radical (unpaired) electrons. The molecular weight excluding hydrogens is 260 g/mol. The number of nitrogens with zero attached hydrogens (tertiary/aromatic N) is 1. The molecule has 1 aliphatic rings. The molecule has 3 heteroatoms. The van der Waals surface area contributed by atoms with Gasteiger partial charge in [-0.05, 0) is 29.5 Å². The second-order valence-electron chi connectivity index (χ2n) is 5.07. The van der Waals surface area contributed by atoms with Crippen molar-refractivity contribution in [1.29, 1.82) is 0 Å². The van der Waals surface area contributed by atoms with Gasteiger partial charge in [0, 0.05) is 30.4 Å². The lowest BCUT2D eigenvalue weighted by Gasteiger charge is -2.15. The van der Waals surface area contributed by atoms with Crippen LogP contribution in [0.3, 0.4) is 0 Å². The fourth-order valence-electron chi connectivity index (χ4n) is 2.38. The van der Waals surface area contributed by atoms with Crippen LogP contribution in [-0.2, 0) is 6.42 Å². The van der Waals surface area contributed by atoms with Crippen molar-refractivity contribution in [1.82, 2.24) is 10.3 Å². The molecule has 1 atom stereocenters. The van der Waals surface area contributed by atoms with Gasteiger partial charge in [0.05, 0.1) is 6.10 Å². The van der Waals surface area contributed by atoms with E-state index >= 15 is 0 Å². The van der Waals surface area contributed by atoms with Gasteiger partial charge in [0.25, 0.3) is 0 Å². The molecule has 2 aromatic rings. The fourth-order valence-corrected chi connectivity index (χ4v) is 2.38. The molecule has 1 aromatic carbocycles. The van der Waals surface area contributed by atoms with Crippen LogP contribution < -0.4 is 5.32 Å². The lowest BCUT2D eigenvalue weighted by Crippen LogP contribution is -2.18. The molecule has 1 aromatic heterocycles. The van der Waals surface area contributed by atoms with Gasteiger partial charge in [0.2, 0.25) is 0 Å². The molecule has 3 nitrogen and oxygen atoms in total. The number of pyridine rings is 1. The van der Waals surface area contributed by atoms with Crippen LogP contribution in [0.2, 0.25) is 0 Å². The van der Waals surface area contributed by atoms with E-state index in [0.29, 0.717) is 6.42 Å². The lowest BCUT2D eigenvalue weighted by atomic mass is 10.0. The standard InChI is InChI=1S/C18H18N2O/c21-18(15-8-10-19-11-9-15)12-17-7-6-16(13-20-17)14-4-2-1-3-5-14/h1-10,13,18-19,21H,11-12H2. The first-order valence-corrected chi connectivity index (χ1v) is 7.11. The summed E-state index contributed by atoms with van der Waals surface area (Å²) in [6.07, 6.45) is 7.67. The highest BCUT2D eigenvalue weighted by molar-refractivity contribution is 5.62. The molecule has 21 heavy (non-hydrogen) atoms. The summed E-state index contributed by atoms with van der Waals surface area (Å²) in [6, 6.07) is 14.2. The minimum Gasteiger partial charge on any atom is -0.388 e. The molecule has 0 aliphatic carbocycles. The minimum atomic E-state index is -0.501. The number of dihydropyridines is 1. The molecule has 0 spiro atoms. The predicted molar refractivity (Wildman–Crippen MR) is 84.6 cm³/mol. The maximum Gasteiger partial charge on any atom is 0.0843 e. The number of aliphatic hydroxyl groups excluding tert-OH is 1. The van der Waals surface area contributed by atoms with Crippen LogP contribution in [0, 0.1) is 0 Å². The molecule has 0 fully saturated rings. The van der Waals surface area contributed by atoms with Gasteiger partial charge in [-0.25, -0.2) is 0 Å². The molecule has 0 amide bonds. The van der Waals surface area contributed by atoms with Gasteiger partial charge in [-0.1, -0.05) is 42.5 Å². The molecule has 106 valence electrons. The summed E-state index contributed by atoms with van der Waals surface area (Å²) in [5, 5.41) is 13.3. The van der Waals surface area contributed by atoms with Gasteiger partial charge in [-0.2, -0.15) is 0 Å². The Hall–Kier alpha value is -2.39. The zero-order valence-corrected chi connectivity index (χ0v) is 11.7. The number of aliphatic hydroxyl groups is 1. The van der Waals surface area contributed by atoms with Crippen LogP contribution in [-0.4, -0.2) is 22.7 Å². The van der Waals surface area contributed by atoms with Gasteiger partial charge in [-0.3, -0.25) is 4.98 Å². The Morgan fingerprint density at radius 3 is 2.62 bits per heavy atom. The van der Waals surface area contributed by atoms with E-state index in [1.165, 1.54) is 0 Å². The number of benzene rings is 1. The number of hydrogen-bond acceptors (Lipinski definition) is 3. The highest BCUT2D eigenvalue weighted by Gasteiger charge is 2.11. The van der Waals surface area contributed by atoms with E-state index in [-0.39, 0.29) is 0 Å². The average Bonchev–Trinajstić information content (AvgIpc) is 2.57. The van der Waals surface area contributed by atoms with Crippen LogP contribution in [0.25, 0.3) is 11.1 Å². The molecule has 0 saturated heterocycles. The molecule has 0 saturated carbocycles. The van der Waals surface area contributed by atoms with E-state index in [1.807, 2.05) is 48.8 Å². The van der Waals surface area contributed by atoms with E-state index in [0.717, 1.165) is 28.9 Å². The number of hydrogen-bond donors (Lipinski definition) is 2. The third kappa shape index (κ3) is 3.38. The highest BCUT2D eigenvalue weighted by atomic mass is 16.3. The van der Waals surface area contributed by atoms with Gasteiger partial charge in [0.15, 0.2) is 0 Å². The van der Waals surface area contributed by atoms with Crippen LogP contribution in [0.5, 0.6) is 0 Å². The Kier molecular flexibility index (Phi) is 4.12. The first-order chi connectivity index (χ1) is 10.3. The van der Waals surface area contributed by atoms with Crippen molar-refractivity contribution < 1.29 is 5.11 Å². The summed E-state index contributed by atoms with van der Waals surface area (Å²) in [6.45, 7) is 0.767. The minimum absolute atomic E-state index is 0.501. The van der Waals surface area contributed by atoms with E-state index in [9.17, 15) is 5.11 Å². The summed E-state index contributed by atoms with van der Waals surface area (Å²) in [5.74, 6) is 0. The van der Waals surface area contributed by atoms with Crippen LogP contribution in [0.15, 0.2) is 72.6 Å². The van der Waals surface area contributed by atoms with Crippen molar-refractivity contribution in [3.05, 3.63) is 78.3 Å². The summed E-state index contributed by atoms with van der Waals surface area (Å²) >= 11 is 0. The lowest BCUT2D eigenvalue weighted by molar-refractivity contribution is 0.213. The van der Waals surface area contributed by atoms with Crippen molar-refractivity contribution in [3.8, 4) is 11.1 Å². The summed E-state index contributed by atoms with van der Waals surface area (Å²) in [4.78, 5) is 4.46. The Morgan fingerprint density at radius 1 is 1.10 bits per heavy atom. The first-order valence-electron chi connectivity index (χ1n) is 7.11. The molecule has 1 unspecified atom stereocenters. The van der Waals surface area contributed by atoms with E-state index in [1.54, 1.807) is 0 Å². The van der Waals surface area contributed by atoms with Gasteiger partial charge < -0.3 is 10.4 Å². The topological polar surface area (TPSA) is 45.2 Å². The Bertz CT molecular complexity index is 645. The molecule has 3 rings (SSSR count). The maximum atomic E-state index is 10.2. The van der Waals surface area contributed by atoms with Crippen molar-refractivity contribution in [2.24, 2.45) is 0 Å². The molecule has 1 aliphatic heterocycles. The van der Waals surface area contributed by atoms with Crippen molar-refractivity contribution in [2.75, 3.05) is 6.54 Å². The maximum absolute atomic E-state index is 10.2. The van der Waals surface area contributed by atoms with Crippen molar-refractivity contribution in [2.45, 2.75) is 12.5 Å². The number of rotatable bonds is 4. The van der Waals surface area contributed by atoms with Crippen LogP contribution >= 0.6 is 0 Å². The molecule has 2 heterocycles. The first kappa shape index (κ1) is 13.6. The smallest absolute Gasteiger partial charge is 0.0843 e. The second kappa shape index (κ2) is 6.37. The van der Waals surface area contributed by atoms with Gasteiger partial charge in [0.1, 0.15) is 0 Å². The van der Waals surface area contributed by atoms with Crippen LogP contribution in [0.1, 0.15) is 5.69 Å². The molecular formula is C18H18N2O. The SMILES string of the molecule is OC(Cc1ccc(-c2ccccc2)cn1)C1=CCNC=C1. The fraction of sp³-hybridized carbons (Fsp3) is 0.167. The number of nitrogens with one attached hydrogen (secondary N) is 1. The summed E-state index contributed by atoms with van der Waals surface area (Å²) in [7, 11) is 0. The van der Waals surface area contributed by atoms with Crippen LogP contribution in [0.4, 0.5) is 0 Å². The summed E-state index contributed by atoms with van der Waals surface area (Å²) < 4.78 is 0. The Labute approximate surface area is 124 Å². The molecule has 2 N–H and O–H groups in total. The van der Waals surface area contributed by atoms with E-state index < -0.39 is 6.10 Å². The zero-order chi connectivity index (χ0) is 14.5. The second-order valence-corrected chi connectivity index (χ2v) is 5.07. The normalized spacial score (nSPS) is 15.2.